The Bertz CT molecular complexity index is 1080. The normalized spacial score (nSPS) is 11.4. The lowest BCUT2D eigenvalue weighted by molar-refractivity contribution is -0.116. The molecule has 32 heavy (non-hydrogen) atoms. The van der Waals surface area contributed by atoms with E-state index >= 15 is 0 Å². The molecule has 0 aliphatic heterocycles. The molecule has 0 aromatic heterocycles. The summed E-state index contributed by atoms with van der Waals surface area (Å²) in [6, 6.07) is 10.6. The number of ether oxygens (including phenoxy) is 2. The van der Waals surface area contributed by atoms with Crippen LogP contribution in [0.15, 0.2) is 47.4 Å². The average molecular weight is 484 g/mol. The Kier molecular flexibility index (Phi) is 8.34. The minimum Gasteiger partial charge on any atom is -0.495 e. The van der Waals surface area contributed by atoms with Crippen molar-refractivity contribution in [1.82, 2.24) is 5.32 Å². The highest BCUT2D eigenvalue weighted by atomic mass is 35.5. The van der Waals surface area contributed by atoms with Crippen molar-refractivity contribution >= 4 is 45.0 Å². The van der Waals surface area contributed by atoms with E-state index in [0.717, 1.165) is 0 Å². The predicted octanol–water partition coefficient (Wildman–Crippen LogP) is 4.00. The quantitative estimate of drug-likeness (QED) is 0.521. The predicted molar refractivity (Wildman–Crippen MR) is 123 cm³/mol. The van der Waals surface area contributed by atoms with Crippen LogP contribution in [0.4, 0.5) is 16.2 Å². The zero-order chi connectivity index (χ0) is 23.9. The molecule has 2 amide bonds. The van der Waals surface area contributed by atoms with E-state index in [2.05, 4.69) is 15.4 Å². The van der Waals surface area contributed by atoms with Crippen LogP contribution in [0.3, 0.4) is 0 Å². The maximum Gasteiger partial charge on any atom is 0.407 e. The summed E-state index contributed by atoms with van der Waals surface area (Å²) in [6.07, 6.45) is -0.667. The first kappa shape index (κ1) is 25.3. The summed E-state index contributed by atoms with van der Waals surface area (Å²) >= 11 is 6.04. The van der Waals surface area contributed by atoms with Crippen molar-refractivity contribution in [2.24, 2.45) is 0 Å². The molecule has 11 heteroatoms. The average Bonchev–Trinajstić information content (AvgIpc) is 2.68. The monoisotopic (exact) mass is 483 g/mol. The molecular weight excluding hydrogens is 458 g/mol. The first-order valence-electron chi connectivity index (χ1n) is 9.63. The number of hydrogen-bond donors (Lipinski definition) is 3. The summed E-state index contributed by atoms with van der Waals surface area (Å²) in [5.41, 5.74) is -0.193. The van der Waals surface area contributed by atoms with Crippen molar-refractivity contribution in [3.63, 3.8) is 0 Å². The van der Waals surface area contributed by atoms with Gasteiger partial charge in [0, 0.05) is 18.7 Å². The number of nitrogens with one attached hydrogen (secondary N) is 3. The molecule has 0 heterocycles. The number of hydrogen-bond acceptors (Lipinski definition) is 6. The van der Waals surface area contributed by atoms with Crippen molar-refractivity contribution in [2.45, 2.75) is 37.7 Å². The Morgan fingerprint density at radius 2 is 1.78 bits per heavy atom. The highest BCUT2D eigenvalue weighted by Crippen LogP contribution is 2.30. The van der Waals surface area contributed by atoms with Gasteiger partial charge in [0.2, 0.25) is 5.91 Å². The van der Waals surface area contributed by atoms with E-state index in [-0.39, 0.29) is 40.0 Å². The Balaban J connectivity index is 2.08. The van der Waals surface area contributed by atoms with Crippen molar-refractivity contribution in [3.8, 4) is 5.75 Å². The summed E-state index contributed by atoms with van der Waals surface area (Å²) in [7, 11) is -2.73. The van der Waals surface area contributed by atoms with Gasteiger partial charge in [-0.2, -0.15) is 0 Å². The largest absolute Gasteiger partial charge is 0.495 e. The van der Waals surface area contributed by atoms with Crippen molar-refractivity contribution in [1.29, 1.82) is 0 Å². The number of anilines is 2. The van der Waals surface area contributed by atoms with Gasteiger partial charge in [0.05, 0.1) is 17.8 Å². The van der Waals surface area contributed by atoms with Gasteiger partial charge >= 0.3 is 6.09 Å². The van der Waals surface area contributed by atoms with Gasteiger partial charge in [-0.25, -0.2) is 13.2 Å². The topological polar surface area (TPSA) is 123 Å². The van der Waals surface area contributed by atoms with E-state index in [9.17, 15) is 18.0 Å². The van der Waals surface area contributed by atoms with Gasteiger partial charge in [-0.1, -0.05) is 23.7 Å². The molecule has 0 saturated heterocycles. The van der Waals surface area contributed by atoms with Gasteiger partial charge in [0.25, 0.3) is 10.0 Å². The number of carbonyl (C=O) groups is 2. The summed E-state index contributed by atoms with van der Waals surface area (Å²) in [6.45, 7) is 5.25. The molecule has 0 fully saturated rings. The second-order valence-corrected chi connectivity index (χ2v) is 9.74. The van der Waals surface area contributed by atoms with Gasteiger partial charge in [-0.3, -0.25) is 9.52 Å². The standard InChI is InChI=1S/C21H26ClN3O6S/c1-21(2,3)31-20(27)23-12-11-19(26)24-14-9-10-17(30-4)18(13-14)32(28,29)25-16-8-6-5-7-15(16)22/h5-10,13,25H,11-12H2,1-4H3,(H,23,27)(H,24,26). The van der Waals surface area contributed by atoms with E-state index in [0.29, 0.717) is 0 Å². The van der Waals surface area contributed by atoms with E-state index in [1.165, 1.54) is 31.4 Å². The Morgan fingerprint density at radius 3 is 2.41 bits per heavy atom. The number of methoxy groups -OCH3 is 1. The third-order valence-corrected chi connectivity index (χ3v) is 5.59. The van der Waals surface area contributed by atoms with Gasteiger partial charge in [-0.05, 0) is 51.1 Å². The summed E-state index contributed by atoms with van der Waals surface area (Å²) < 4.78 is 38.5. The van der Waals surface area contributed by atoms with Crippen LogP contribution in [0.2, 0.25) is 5.02 Å². The highest BCUT2D eigenvalue weighted by molar-refractivity contribution is 7.92. The molecular formula is C21H26ClN3O6S. The molecule has 0 atom stereocenters. The lowest BCUT2D eigenvalue weighted by Gasteiger charge is -2.19. The van der Waals surface area contributed by atoms with Crippen LogP contribution in [-0.2, 0) is 19.6 Å². The fourth-order valence-corrected chi connectivity index (χ4v) is 4.04. The van der Waals surface area contributed by atoms with Gasteiger partial charge in [-0.15, -0.1) is 0 Å². The van der Waals surface area contributed by atoms with Crippen LogP contribution in [0, 0.1) is 0 Å². The second-order valence-electron chi connectivity index (χ2n) is 7.68. The Labute approximate surface area is 192 Å². The number of rotatable bonds is 8. The lowest BCUT2D eigenvalue weighted by atomic mass is 10.2. The van der Waals surface area contributed by atoms with Crippen LogP contribution >= 0.6 is 11.6 Å². The molecule has 0 unspecified atom stereocenters. The molecule has 0 bridgehead atoms. The van der Waals surface area contributed by atoms with Gasteiger partial charge < -0.3 is 20.1 Å². The third kappa shape index (κ3) is 7.61. The Hall–Kier alpha value is -2.98. The van der Waals surface area contributed by atoms with Crippen molar-refractivity contribution in [2.75, 3.05) is 23.7 Å². The van der Waals surface area contributed by atoms with E-state index < -0.39 is 27.6 Å². The third-order valence-electron chi connectivity index (χ3n) is 3.88. The second kappa shape index (κ2) is 10.6. The van der Waals surface area contributed by atoms with Crippen LogP contribution < -0.4 is 20.1 Å². The highest BCUT2D eigenvalue weighted by Gasteiger charge is 2.22. The van der Waals surface area contributed by atoms with Crippen LogP contribution in [0.1, 0.15) is 27.2 Å². The number of sulfonamides is 1. The first-order valence-corrected chi connectivity index (χ1v) is 11.5. The zero-order valence-electron chi connectivity index (χ0n) is 18.2. The molecule has 2 aromatic carbocycles. The van der Waals surface area contributed by atoms with Gasteiger partial charge in [0.1, 0.15) is 16.2 Å². The number of carbonyl (C=O) groups excluding carboxylic acids is 2. The zero-order valence-corrected chi connectivity index (χ0v) is 19.8. The number of alkyl carbamates (subject to hydrolysis) is 1. The minimum absolute atomic E-state index is 0.0365. The molecule has 174 valence electrons. The maximum absolute atomic E-state index is 12.9. The molecule has 0 aliphatic carbocycles. The smallest absolute Gasteiger partial charge is 0.407 e. The Morgan fingerprint density at radius 1 is 1.09 bits per heavy atom. The summed E-state index contributed by atoms with van der Waals surface area (Å²) in [5, 5.41) is 5.31. The number of amides is 2. The van der Waals surface area contributed by atoms with E-state index in [1.54, 1.807) is 39.0 Å². The van der Waals surface area contributed by atoms with Crippen molar-refractivity contribution in [3.05, 3.63) is 47.5 Å². The fourth-order valence-electron chi connectivity index (χ4n) is 2.52. The molecule has 3 N–H and O–H groups in total. The molecule has 2 aromatic rings. The minimum atomic E-state index is -4.07. The molecule has 2 rings (SSSR count). The van der Waals surface area contributed by atoms with E-state index in [1.807, 2.05) is 0 Å². The fraction of sp³-hybridized carbons (Fsp3) is 0.333. The number of benzene rings is 2. The SMILES string of the molecule is COc1ccc(NC(=O)CCNC(=O)OC(C)(C)C)cc1S(=O)(=O)Nc1ccccc1Cl. The van der Waals surface area contributed by atoms with Gasteiger partial charge in [0.15, 0.2) is 0 Å². The number of para-hydroxylation sites is 1. The molecule has 0 radical (unpaired) electrons. The molecule has 0 spiro atoms. The van der Waals surface area contributed by atoms with Crippen LogP contribution in [0.5, 0.6) is 5.75 Å². The maximum atomic E-state index is 12.9. The van der Waals surface area contributed by atoms with E-state index in [4.69, 9.17) is 21.1 Å². The van der Waals surface area contributed by atoms with Crippen LogP contribution in [-0.4, -0.2) is 39.7 Å². The van der Waals surface area contributed by atoms with Crippen molar-refractivity contribution < 1.29 is 27.5 Å². The van der Waals surface area contributed by atoms with Crippen LogP contribution in [0.25, 0.3) is 0 Å². The first-order chi connectivity index (χ1) is 14.9. The molecule has 9 nitrogen and oxygen atoms in total. The number of halogens is 1. The lowest BCUT2D eigenvalue weighted by Crippen LogP contribution is -2.34. The summed E-state index contributed by atoms with van der Waals surface area (Å²) in [4.78, 5) is 23.7. The summed E-state index contributed by atoms with van der Waals surface area (Å²) in [5.74, 6) is -0.331. The molecule has 0 aliphatic rings. The molecule has 0 saturated carbocycles.